The SMILES string of the molecule is CC(CC(=O)N1CCC(Cc2ccc(F)cc2)C1)C1CCNCC1. The van der Waals surface area contributed by atoms with Gasteiger partial charge in [-0.1, -0.05) is 19.1 Å². The van der Waals surface area contributed by atoms with E-state index in [4.69, 9.17) is 0 Å². The van der Waals surface area contributed by atoms with Gasteiger partial charge >= 0.3 is 0 Å². The minimum atomic E-state index is -0.186. The van der Waals surface area contributed by atoms with Crippen LogP contribution in [0.4, 0.5) is 4.39 Å². The number of carbonyl (C=O) groups excluding carboxylic acids is 1. The summed E-state index contributed by atoms with van der Waals surface area (Å²) < 4.78 is 13.0. The van der Waals surface area contributed by atoms with E-state index in [0.717, 1.165) is 39.0 Å². The highest BCUT2D eigenvalue weighted by molar-refractivity contribution is 5.76. The Hall–Kier alpha value is -1.42. The Labute approximate surface area is 144 Å². The van der Waals surface area contributed by atoms with Gasteiger partial charge in [0.25, 0.3) is 0 Å². The van der Waals surface area contributed by atoms with E-state index >= 15 is 0 Å². The summed E-state index contributed by atoms with van der Waals surface area (Å²) >= 11 is 0. The Bertz CT molecular complexity index is 539. The first-order valence-corrected chi connectivity index (χ1v) is 9.34. The van der Waals surface area contributed by atoms with Gasteiger partial charge in [0.1, 0.15) is 5.82 Å². The predicted molar refractivity (Wildman–Crippen MR) is 94.2 cm³/mol. The average molecular weight is 332 g/mol. The van der Waals surface area contributed by atoms with Crippen LogP contribution in [0.2, 0.25) is 0 Å². The van der Waals surface area contributed by atoms with Gasteiger partial charge in [-0.25, -0.2) is 4.39 Å². The third-order valence-corrected chi connectivity index (χ3v) is 5.76. The van der Waals surface area contributed by atoms with Gasteiger partial charge in [-0.3, -0.25) is 4.79 Å². The molecule has 3 nitrogen and oxygen atoms in total. The first-order valence-electron chi connectivity index (χ1n) is 9.34. The fourth-order valence-electron chi connectivity index (χ4n) is 4.16. The molecule has 0 spiro atoms. The van der Waals surface area contributed by atoms with Crippen molar-refractivity contribution in [1.82, 2.24) is 10.2 Å². The van der Waals surface area contributed by atoms with Crippen LogP contribution in [0.1, 0.15) is 38.2 Å². The lowest BCUT2D eigenvalue weighted by Crippen LogP contribution is -2.35. The summed E-state index contributed by atoms with van der Waals surface area (Å²) in [6, 6.07) is 6.76. The normalized spacial score (nSPS) is 23.4. The third kappa shape index (κ3) is 4.56. The van der Waals surface area contributed by atoms with Gasteiger partial charge in [-0.15, -0.1) is 0 Å². The summed E-state index contributed by atoms with van der Waals surface area (Å²) in [5.41, 5.74) is 1.17. The molecular weight excluding hydrogens is 303 g/mol. The van der Waals surface area contributed by atoms with Crippen molar-refractivity contribution in [2.75, 3.05) is 26.2 Å². The second-order valence-electron chi connectivity index (χ2n) is 7.59. The maximum absolute atomic E-state index is 13.0. The van der Waals surface area contributed by atoms with Crippen LogP contribution in [0.25, 0.3) is 0 Å². The number of benzene rings is 1. The predicted octanol–water partition coefficient (Wildman–Crippen LogP) is 3.24. The molecule has 0 saturated carbocycles. The zero-order valence-corrected chi connectivity index (χ0v) is 14.6. The highest BCUT2D eigenvalue weighted by Gasteiger charge is 2.29. The van der Waals surface area contributed by atoms with Crippen molar-refractivity contribution < 1.29 is 9.18 Å². The standard InChI is InChI=1S/C20H29FN2O/c1-15(18-6-9-22-10-7-18)12-20(24)23-11-8-17(14-23)13-16-2-4-19(21)5-3-16/h2-5,15,17-18,22H,6-14H2,1H3. The van der Waals surface area contributed by atoms with E-state index in [2.05, 4.69) is 12.2 Å². The van der Waals surface area contributed by atoms with Crippen molar-refractivity contribution in [3.63, 3.8) is 0 Å². The minimum Gasteiger partial charge on any atom is -0.342 e. The summed E-state index contributed by atoms with van der Waals surface area (Å²) in [6.45, 7) is 6.15. The quantitative estimate of drug-likeness (QED) is 0.898. The Morgan fingerprint density at radius 2 is 1.96 bits per heavy atom. The molecule has 0 radical (unpaired) electrons. The number of carbonyl (C=O) groups is 1. The molecule has 1 aromatic carbocycles. The van der Waals surface area contributed by atoms with E-state index < -0.39 is 0 Å². The van der Waals surface area contributed by atoms with E-state index in [1.54, 1.807) is 0 Å². The molecule has 4 heteroatoms. The van der Waals surface area contributed by atoms with Crippen molar-refractivity contribution in [3.05, 3.63) is 35.6 Å². The second-order valence-corrected chi connectivity index (χ2v) is 7.59. The van der Waals surface area contributed by atoms with Crippen LogP contribution in [-0.2, 0) is 11.2 Å². The Morgan fingerprint density at radius 1 is 1.25 bits per heavy atom. The number of likely N-dealkylation sites (tertiary alicyclic amines) is 1. The zero-order valence-electron chi connectivity index (χ0n) is 14.6. The first-order chi connectivity index (χ1) is 11.6. The van der Waals surface area contributed by atoms with E-state index in [9.17, 15) is 9.18 Å². The molecule has 2 atom stereocenters. The molecular formula is C20H29FN2O. The van der Waals surface area contributed by atoms with Crippen LogP contribution in [0.15, 0.2) is 24.3 Å². The molecule has 3 rings (SSSR count). The molecule has 2 unspecified atom stereocenters. The fraction of sp³-hybridized carbons (Fsp3) is 0.650. The second kappa shape index (κ2) is 8.11. The van der Waals surface area contributed by atoms with Crippen LogP contribution in [0, 0.1) is 23.6 Å². The monoisotopic (exact) mass is 332 g/mol. The van der Waals surface area contributed by atoms with Gasteiger partial charge in [0.2, 0.25) is 5.91 Å². The number of nitrogens with zero attached hydrogens (tertiary/aromatic N) is 1. The van der Waals surface area contributed by atoms with Gasteiger partial charge in [0.05, 0.1) is 0 Å². The number of piperidine rings is 1. The molecule has 1 aromatic rings. The lowest BCUT2D eigenvalue weighted by molar-refractivity contribution is -0.131. The van der Waals surface area contributed by atoms with Crippen molar-refractivity contribution in [1.29, 1.82) is 0 Å². The largest absolute Gasteiger partial charge is 0.342 e. The van der Waals surface area contributed by atoms with Gasteiger partial charge in [0.15, 0.2) is 0 Å². The average Bonchev–Trinajstić information content (AvgIpc) is 3.06. The fourth-order valence-corrected chi connectivity index (χ4v) is 4.16. The van der Waals surface area contributed by atoms with Gasteiger partial charge in [0, 0.05) is 19.5 Å². The molecule has 24 heavy (non-hydrogen) atoms. The van der Waals surface area contributed by atoms with Crippen molar-refractivity contribution in [3.8, 4) is 0 Å². The molecule has 2 fully saturated rings. The van der Waals surface area contributed by atoms with Gasteiger partial charge in [-0.2, -0.15) is 0 Å². The van der Waals surface area contributed by atoms with Crippen molar-refractivity contribution >= 4 is 5.91 Å². The molecule has 2 heterocycles. The molecule has 2 saturated heterocycles. The summed E-state index contributed by atoms with van der Waals surface area (Å²) in [5, 5.41) is 3.39. The lowest BCUT2D eigenvalue weighted by Gasteiger charge is -2.29. The molecule has 1 N–H and O–H groups in total. The van der Waals surface area contributed by atoms with E-state index in [1.165, 1.54) is 30.5 Å². The number of amides is 1. The smallest absolute Gasteiger partial charge is 0.222 e. The summed E-state index contributed by atoms with van der Waals surface area (Å²) in [5.74, 6) is 1.81. The molecule has 0 aromatic heterocycles. The maximum atomic E-state index is 13.0. The van der Waals surface area contributed by atoms with Gasteiger partial charge in [-0.05, 0) is 74.2 Å². The number of halogens is 1. The topological polar surface area (TPSA) is 32.3 Å². The Morgan fingerprint density at radius 3 is 2.67 bits per heavy atom. The lowest BCUT2D eigenvalue weighted by atomic mass is 9.84. The molecule has 0 aliphatic carbocycles. The summed E-state index contributed by atoms with van der Waals surface area (Å²) in [4.78, 5) is 14.6. The van der Waals surface area contributed by atoms with Crippen LogP contribution in [-0.4, -0.2) is 37.0 Å². The van der Waals surface area contributed by atoms with Crippen LogP contribution >= 0.6 is 0 Å². The molecule has 2 aliphatic heterocycles. The number of nitrogens with one attached hydrogen (secondary N) is 1. The van der Waals surface area contributed by atoms with E-state index in [1.807, 2.05) is 17.0 Å². The molecule has 1 amide bonds. The summed E-state index contributed by atoms with van der Waals surface area (Å²) in [7, 11) is 0. The Balaban J connectivity index is 1.45. The van der Waals surface area contributed by atoms with Crippen LogP contribution < -0.4 is 5.32 Å². The molecule has 0 bridgehead atoms. The van der Waals surface area contributed by atoms with Crippen LogP contribution in [0.3, 0.4) is 0 Å². The van der Waals surface area contributed by atoms with E-state index in [-0.39, 0.29) is 5.82 Å². The van der Waals surface area contributed by atoms with Crippen molar-refractivity contribution in [2.45, 2.75) is 39.0 Å². The van der Waals surface area contributed by atoms with E-state index in [0.29, 0.717) is 30.1 Å². The number of hydrogen-bond donors (Lipinski definition) is 1. The number of rotatable bonds is 5. The summed E-state index contributed by atoms with van der Waals surface area (Å²) in [6.07, 6.45) is 5.08. The molecule has 2 aliphatic rings. The van der Waals surface area contributed by atoms with Crippen molar-refractivity contribution in [2.24, 2.45) is 17.8 Å². The highest BCUT2D eigenvalue weighted by Crippen LogP contribution is 2.27. The molecule has 132 valence electrons. The zero-order chi connectivity index (χ0) is 16.9. The third-order valence-electron chi connectivity index (χ3n) is 5.76. The van der Waals surface area contributed by atoms with Crippen LogP contribution in [0.5, 0.6) is 0 Å². The van der Waals surface area contributed by atoms with Gasteiger partial charge < -0.3 is 10.2 Å². The number of hydrogen-bond acceptors (Lipinski definition) is 2. The first kappa shape index (κ1) is 17.4. The Kier molecular flexibility index (Phi) is 5.88. The minimum absolute atomic E-state index is 0.186. The maximum Gasteiger partial charge on any atom is 0.222 e. The highest BCUT2D eigenvalue weighted by atomic mass is 19.1.